The number of hydrogen-bond acceptors (Lipinski definition) is 3. The number of amides is 1. The fraction of sp³-hybridized carbons (Fsp3) is 0.500. The van der Waals surface area contributed by atoms with Gasteiger partial charge in [-0.15, -0.1) is 0 Å². The van der Waals surface area contributed by atoms with E-state index < -0.39 is 17.8 Å². The zero-order valence-electron chi connectivity index (χ0n) is 13.5. The maximum atomic E-state index is 13.0. The van der Waals surface area contributed by atoms with Crippen molar-refractivity contribution < 1.29 is 22.4 Å². The Kier molecular flexibility index (Phi) is 4.15. The molecule has 0 aliphatic heterocycles. The molecule has 0 fully saturated rings. The molecular weight excluding hydrogens is 323 g/mol. The molecule has 5 nitrogen and oxygen atoms in total. The molecule has 1 aliphatic rings. The molecule has 0 atom stereocenters. The number of aryl methyl sites for hydroxylation is 3. The summed E-state index contributed by atoms with van der Waals surface area (Å²) in [6, 6.07) is 1.71. The van der Waals surface area contributed by atoms with Gasteiger partial charge < -0.3 is 9.32 Å². The first-order valence-corrected chi connectivity index (χ1v) is 7.72. The second-order valence-corrected chi connectivity index (χ2v) is 6.10. The number of hydrogen-bond donors (Lipinski definition) is 0. The first-order valence-electron chi connectivity index (χ1n) is 7.72. The van der Waals surface area contributed by atoms with Crippen molar-refractivity contribution in [1.82, 2.24) is 14.7 Å². The summed E-state index contributed by atoms with van der Waals surface area (Å²) in [5.74, 6) is 0.568. The fourth-order valence-corrected chi connectivity index (χ4v) is 3.00. The first kappa shape index (κ1) is 16.6. The van der Waals surface area contributed by atoms with Crippen LogP contribution in [0.25, 0.3) is 0 Å². The van der Waals surface area contributed by atoms with E-state index in [1.165, 1.54) is 25.2 Å². The third-order valence-electron chi connectivity index (χ3n) is 4.13. The van der Waals surface area contributed by atoms with Gasteiger partial charge in [0, 0.05) is 38.8 Å². The maximum Gasteiger partial charge on any atom is 0.435 e. The van der Waals surface area contributed by atoms with Crippen molar-refractivity contribution in [2.24, 2.45) is 7.05 Å². The molecule has 3 rings (SSSR count). The molecule has 0 unspecified atom stereocenters. The van der Waals surface area contributed by atoms with E-state index in [2.05, 4.69) is 5.10 Å². The number of carbonyl (C=O) groups is 1. The van der Waals surface area contributed by atoms with E-state index >= 15 is 0 Å². The highest BCUT2D eigenvalue weighted by molar-refractivity contribution is 5.91. The van der Waals surface area contributed by atoms with Crippen LogP contribution in [0.1, 0.15) is 46.0 Å². The Morgan fingerprint density at radius 3 is 2.75 bits per heavy atom. The quantitative estimate of drug-likeness (QED) is 0.862. The van der Waals surface area contributed by atoms with Crippen LogP contribution in [0, 0.1) is 0 Å². The molecule has 8 heteroatoms. The van der Waals surface area contributed by atoms with Crippen LogP contribution in [-0.4, -0.2) is 27.6 Å². The van der Waals surface area contributed by atoms with Gasteiger partial charge in [-0.2, -0.15) is 18.3 Å². The van der Waals surface area contributed by atoms with Crippen LogP contribution in [0.3, 0.4) is 0 Å². The Hall–Kier alpha value is -2.25. The smallest absolute Gasteiger partial charge is 0.435 e. The highest BCUT2D eigenvalue weighted by Gasteiger charge is 2.37. The van der Waals surface area contributed by atoms with Gasteiger partial charge in [0.25, 0.3) is 5.91 Å². The van der Waals surface area contributed by atoms with Crippen molar-refractivity contribution >= 4 is 5.91 Å². The average molecular weight is 341 g/mol. The number of furan rings is 1. The molecule has 0 bridgehead atoms. The van der Waals surface area contributed by atoms with Gasteiger partial charge in [0.2, 0.25) is 0 Å². The van der Waals surface area contributed by atoms with E-state index in [0.29, 0.717) is 0 Å². The van der Waals surface area contributed by atoms with Crippen LogP contribution in [0.4, 0.5) is 13.2 Å². The van der Waals surface area contributed by atoms with E-state index in [9.17, 15) is 18.0 Å². The van der Waals surface area contributed by atoms with Crippen LogP contribution in [0.2, 0.25) is 0 Å². The van der Waals surface area contributed by atoms with Crippen molar-refractivity contribution in [3.8, 4) is 0 Å². The number of aromatic nitrogens is 2. The summed E-state index contributed by atoms with van der Waals surface area (Å²) in [4.78, 5) is 13.7. The van der Waals surface area contributed by atoms with Crippen LogP contribution >= 0.6 is 0 Å². The summed E-state index contributed by atoms with van der Waals surface area (Å²) in [5, 5.41) is 3.45. The molecule has 0 spiro atoms. The molecule has 2 aromatic rings. The minimum atomic E-state index is -4.55. The van der Waals surface area contributed by atoms with Gasteiger partial charge in [0.15, 0.2) is 11.5 Å². The Bertz CT molecular complexity index is 738. The third kappa shape index (κ3) is 3.18. The van der Waals surface area contributed by atoms with Gasteiger partial charge in [-0.3, -0.25) is 9.48 Å². The lowest BCUT2D eigenvalue weighted by atomic mass is 9.99. The summed E-state index contributed by atoms with van der Waals surface area (Å²) in [6.07, 6.45) is 0.475. The monoisotopic (exact) mass is 341 g/mol. The number of nitrogens with zero attached hydrogens (tertiary/aromatic N) is 3. The number of carbonyl (C=O) groups excluding carboxylic acids is 1. The summed E-state index contributed by atoms with van der Waals surface area (Å²) in [7, 11) is 2.87. The molecule has 0 saturated heterocycles. The highest BCUT2D eigenvalue weighted by Crippen LogP contribution is 2.31. The highest BCUT2D eigenvalue weighted by atomic mass is 19.4. The molecular formula is C16H18F3N3O2. The number of halogens is 3. The van der Waals surface area contributed by atoms with Crippen molar-refractivity contribution in [2.45, 2.75) is 38.4 Å². The minimum Gasteiger partial charge on any atom is -0.456 e. The number of alkyl halides is 3. The molecule has 1 amide bonds. The van der Waals surface area contributed by atoms with Gasteiger partial charge >= 0.3 is 6.18 Å². The molecule has 2 aromatic heterocycles. The zero-order valence-corrected chi connectivity index (χ0v) is 13.5. The summed E-state index contributed by atoms with van der Waals surface area (Å²) >= 11 is 0. The van der Waals surface area contributed by atoms with E-state index in [4.69, 9.17) is 4.42 Å². The van der Waals surface area contributed by atoms with E-state index in [1.54, 1.807) is 6.07 Å². The summed E-state index contributed by atoms with van der Waals surface area (Å²) in [6.45, 7) is -0.188. The lowest BCUT2D eigenvalue weighted by molar-refractivity contribution is -0.142. The fourth-order valence-electron chi connectivity index (χ4n) is 3.00. The Labute approximate surface area is 137 Å². The van der Waals surface area contributed by atoms with E-state index in [0.717, 1.165) is 41.7 Å². The second-order valence-electron chi connectivity index (χ2n) is 6.10. The largest absolute Gasteiger partial charge is 0.456 e. The Balaban J connectivity index is 1.79. The predicted octanol–water partition coefficient (Wildman–Crippen LogP) is 3.18. The third-order valence-corrected chi connectivity index (χ3v) is 4.13. The van der Waals surface area contributed by atoms with E-state index in [1.807, 2.05) is 0 Å². The van der Waals surface area contributed by atoms with Crippen LogP contribution < -0.4 is 0 Å². The maximum absolute atomic E-state index is 13.0. The summed E-state index contributed by atoms with van der Waals surface area (Å²) in [5.41, 5.74) is 0.0101. The molecule has 0 saturated carbocycles. The molecule has 1 aliphatic carbocycles. The standard InChI is InChI=1S/C16H18F3N3O2/c1-21(8-11-9-22(2)20-14(11)16(17,18)19)15(23)13-7-10-5-3-4-6-12(10)24-13/h7,9H,3-6,8H2,1-2H3. The predicted molar refractivity (Wildman–Crippen MR) is 79.4 cm³/mol. The number of rotatable bonds is 3. The van der Waals surface area contributed by atoms with Gasteiger partial charge in [-0.25, -0.2) is 0 Å². The lowest BCUT2D eigenvalue weighted by Gasteiger charge is -2.16. The van der Waals surface area contributed by atoms with E-state index in [-0.39, 0.29) is 17.9 Å². The van der Waals surface area contributed by atoms with Gasteiger partial charge in [0.1, 0.15) is 5.76 Å². The molecule has 0 radical (unpaired) electrons. The van der Waals surface area contributed by atoms with Gasteiger partial charge in [-0.1, -0.05) is 0 Å². The van der Waals surface area contributed by atoms with Crippen molar-refractivity contribution in [1.29, 1.82) is 0 Å². The normalized spacial score (nSPS) is 14.5. The Morgan fingerprint density at radius 1 is 1.38 bits per heavy atom. The molecule has 24 heavy (non-hydrogen) atoms. The van der Waals surface area contributed by atoms with Crippen molar-refractivity contribution in [2.75, 3.05) is 7.05 Å². The van der Waals surface area contributed by atoms with Gasteiger partial charge in [0.05, 0.1) is 0 Å². The van der Waals surface area contributed by atoms with Crippen molar-refractivity contribution in [3.05, 3.63) is 40.6 Å². The lowest BCUT2D eigenvalue weighted by Crippen LogP contribution is -2.26. The number of fused-ring (bicyclic) bond motifs is 1. The summed E-state index contributed by atoms with van der Waals surface area (Å²) < 4.78 is 45.7. The first-order chi connectivity index (χ1) is 11.3. The SMILES string of the molecule is CN(Cc1cn(C)nc1C(F)(F)F)C(=O)c1cc2c(o1)CCCC2. The second kappa shape index (κ2) is 5.99. The minimum absolute atomic E-state index is 0.0443. The Morgan fingerprint density at radius 2 is 2.08 bits per heavy atom. The molecule has 130 valence electrons. The zero-order chi connectivity index (χ0) is 17.5. The van der Waals surface area contributed by atoms with Gasteiger partial charge in [-0.05, 0) is 30.9 Å². The van der Waals surface area contributed by atoms with Crippen molar-refractivity contribution in [3.63, 3.8) is 0 Å². The molecule has 0 aromatic carbocycles. The average Bonchev–Trinajstić information content (AvgIpc) is 3.09. The van der Waals surface area contributed by atoms with Crippen LogP contribution in [-0.2, 0) is 32.6 Å². The van der Waals surface area contributed by atoms with Crippen LogP contribution in [0.5, 0.6) is 0 Å². The van der Waals surface area contributed by atoms with Crippen LogP contribution in [0.15, 0.2) is 16.7 Å². The molecule has 2 heterocycles. The molecule has 0 N–H and O–H groups in total. The topological polar surface area (TPSA) is 51.3 Å².